The fourth-order valence-corrected chi connectivity index (χ4v) is 5.44. The molecule has 5 nitrogen and oxygen atoms in total. The summed E-state index contributed by atoms with van der Waals surface area (Å²) in [6.45, 7) is 1.43. The van der Waals surface area contributed by atoms with E-state index in [1.807, 2.05) is 0 Å². The Balaban J connectivity index is 0.00000208. The SMILES string of the molecule is CN(Cc1c(F)cccc1Cl)S(=O)(=O)N1C2CCNCC1CC2.Cl. The van der Waals surface area contributed by atoms with E-state index in [2.05, 4.69) is 5.32 Å². The van der Waals surface area contributed by atoms with Crippen LogP contribution in [-0.2, 0) is 16.8 Å². The molecule has 2 saturated heterocycles. The Bertz CT molecular complexity index is 655. The van der Waals surface area contributed by atoms with Crippen molar-refractivity contribution < 1.29 is 12.8 Å². The standard InChI is InChI=1S/C15H21ClFN3O2S.ClH/c1-19(10-13-14(16)3-2-4-15(13)17)23(21,22)20-11-5-6-12(20)9-18-8-7-11;/h2-4,11-12,18H,5-10H2,1H3;1H. The van der Waals surface area contributed by atoms with Crippen molar-refractivity contribution in [2.45, 2.75) is 37.9 Å². The third-order valence-corrected chi connectivity index (χ3v) is 7.09. The van der Waals surface area contributed by atoms with Gasteiger partial charge in [0.05, 0.1) is 0 Å². The largest absolute Gasteiger partial charge is 0.315 e. The van der Waals surface area contributed by atoms with Gasteiger partial charge in [0, 0.05) is 42.8 Å². The van der Waals surface area contributed by atoms with Gasteiger partial charge in [0.2, 0.25) is 0 Å². The molecule has 2 heterocycles. The van der Waals surface area contributed by atoms with Crippen molar-refractivity contribution in [1.82, 2.24) is 13.9 Å². The molecule has 9 heteroatoms. The second kappa shape index (κ2) is 7.85. The maximum Gasteiger partial charge on any atom is 0.282 e. The maximum absolute atomic E-state index is 13.9. The molecule has 136 valence electrons. The molecule has 3 rings (SSSR count). The summed E-state index contributed by atoms with van der Waals surface area (Å²) in [7, 11) is -2.17. The van der Waals surface area contributed by atoms with Crippen LogP contribution in [0.15, 0.2) is 18.2 Å². The minimum absolute atomic E-state index is 0. The van der Waals surface area contributed by atoms with Gasteiger partial charge in [-0.3, -0.25) is 0 Å². The van der Waals surface area contributed by atoms with Crippen molar-refractivity contribution in [2.75, 3.05) is 20.1 Å². The first kappa shape index (κ1) is 19.9. The summed E-state index contributed by atoms with van der Waals surface area (Å²) in [5, 5.41) is 3.52. The summed E-state index contributed by atoms with van der Waals surface area (Å²) < 4.78 is 42.7. The molecule has 0 spiro atoms. The normalized spacial score (nSPS) is 24.7. The number of hydrogen-bond donors (Lipinski definition) is 1. The van der Waals surface area contributed by atoms with Gasteiger partial charge in [-0.1, -0.05) is 17.7 Å². The minimum atomic E-state index is -3.65. The minimum Gasteiger partial charge on any atom is -0.315 e. The van der Waals surface area contributed by atoms with Gasteiger partial charge in [-0.05, 0) is 37.9 Å². The fraction of sp³-hybridized carbons (Fsp3) is 0.600. The van der Waals surface area contributed by atoms with Crippen molar-refractivity contribution >= 4 is 34.2 Å². The van der Waals surface area contributed by atoms with E-state index in [4.69, 9.17) is 11.6 Å². The van der Waals surface area contributed by atoms with Crippen LogP contribution in [0.3, 0.4) is 0 Å². The zero-order valence-corrected chi connectivity index (χ0v) is 15.8. The molecule has 24 heavy (non-hydrogen) atoms. The van der Waals surface area contributed by atoms with Gasteiger partial charge < -0.3 is 5.32 Å². The van der Waals surface area contributed by atoms with Gasteiger partial charge in [-0.25, -0.2) is 4.39 Å². The van der Waals surface area contributed by atoms with Gasteiger partial charge in [-0.15, -0.1) is 12.4 Å². The highest BCUT2D eigenvalue weighted by atomic mass is 35.5. The number of nitrogens with one attached hydrogen (secondary N) is 1. The molecule has 2 atom stereocenters. The van der Waals surface area contributed by atoms with Crippen molar-refractivity contribution in [3.63, 3.8) is 0 Å². The highest BCUT2D eigenvalue weighted by Gasteiger charge is 2.44. The highest BCUT2D eigenvalue weighted by Crippen LogP contribution is 2.32. The monoisotopic (exact) mass is 397 g/mol. The van der Waals surface area contributed by atoms with Gasteiger partial charge in [0.15, 0.2) is 0 Å². The lowest BCUT2D eigenvalue weighted by Gasteiger charge is -2.31. The molecule has 1 aromatic rings. The first-order valence-corrected chi connectivity index (χ1v) is 9.57. The number of halogens is 3. The first-order chi connectivity index (χ1) is 10.9. The van der Waals surface area contributed by atoms with E-state index in [0.717, 1.165) is 25.8 Å². The third-order valence-electron chi connectivity index (χ3n) is 4.69. The lowest BCUT2D eigenvalue weighted by Crippen LogP contribution is -2.48. The summed E-state index contributed by atoms with van der Waals surface area (Å²) in [6, 6.07) is 4.38. The van der Waals surface area contributed by atoms with E-state index >= 15 is 0 Å². The zero-order valence-electron chi connectivity index (χ0n) is 13.4. The van der Waals surface area contributed by atoms with Crippen LogP contribution in [0.2, 0.25) is 5.02 Å². The number of hydrogen-bond acceptors (Lipinski definition) is 3. The van der Waals surface area contributed by atoms with Gasteiger partial charge in [0.1, 0.15) is 5.82 Å². The van der Waals surface area contributed by atoms with Crippen LogP contribution < -0.4 is 5.32 Å². The molecule has 0 aromatic heterocycles. The second-order valence-electron chi connectivity index (χ2n) is 6.17. The Morgan fingerprint density at radius 1 is 1.33 bits per heavy atom. The molecular weight excluding hydrogens is 376 g/mol. The van der Waals surface area contributed by atoms with Crippen molar-refractivity contribution in [2.24, 2.45) is 0 Å². The van der Waals surface area contributed by atoms with Crippen LogP contribution in [0.25, 0.3) is 0 Å². The van der Waals surface area contributed by atoms with E-state index in [9.17, 15) is 12.8 Å². The van der Waals surface area contributed by atoms with E-state index in [-0.39, 0.29) is 41.6 Å². The molecule has 1 N–H and O–H groups in total. The summed E-state index contributed by atoms with van der Waals surface area (Å²) >= 11 is 6.02. The molecule has 0 saturated carbocycles. The van der Waals surface area contributed by atoms with E-state index in [1.54, 1.807) is 10.4 Å². The highest BCUT2D eigenvalue weighted by molar-refractivity contribution is 7.86. The molecule has 2 bridgehead atoms. The summed E-state index contributed by atoms with van der Waals surface area (Å²) in [6.07, 6.45) is 2.56. The van der Waals surface area contributed by atoms with Crippen molar-refractivity contribution in [1.29, 1.82) is 0 Å². The Hall–Kier alpha value is -0.440. The fourth-order valence-electron chi connectivity index (χ4n) is 3.46. The first-order valence-electron chi connectivity index (χ1n) is 7.79. The molecular formula is C15H22Cl2FN3O2S. The van der Waals surface area contributed by atoms with Crippen molar-refractivity contribution in [3.05, 3.63) is 34.6 Å². The third kappa shape index (κ3) is 3.71. The van der Waals surface area contributed by atoms with Gasteiger partial charge >= 0.3 is 0 Å². The Labute approximate surface area is 153 Å². The molecule has 0 radical (unpaired) electrons. The van der Waals surface area contributed by atoms with E-state index < -0.39 is 16.0 Å². The van der Waals surface area contributed by atoms with Crippen LogP contribution in [0.5, 0.6) is 0 Å². The molecule has 0 amide bonds. The number of benzene rings is 1. The number of nitrogens with zero attached hydrogens (tertiary/aromatic N) is 2. The Morgan fingerprint density at radius 2 is 2.04 bits per heavy atom. The van der Waals surface area contributed by atoms with Crippen LogP contribution in [-0.4, -0.2) is 49.2 Å². The van der Waals surface area contributed by atoms with Crippen molar-refractivity contribution in [3.8, 4) is 0 Å². The van der Waals surface area contributed by atoms with Crippen LogP contribution in [0.4, 0.5) is 4.39 Å². The van der Waals surface area contributed by atoms with Gasteiger partial charge in [-0.2, -0.15) is 17.0 Å². The predicted octanol–water partition coefficient (Wildman–Crippen LogP) is 2.40. The number of rotatable bonds is 4. The van der Waals surface area contributed by atoms with Crippen LogP contribution >= 0.6 is 24.0 Å². The topological polar surface area (TPSA) is 52.7 Å². The van der Waals surface area contributed by atoms with Gasteiger partial charge in [0.25, 0.3) is 10.2 Å². The average molecular weight is 398 g/mol. The average Bonchev–Trinajstić information content (AvgIpc) is 2.76. The summed E-state index contributed by atoms with van der Waals surface area (Å²) in [5.74, 6) is -0.486. The quantitative estimate of drug-likeness (QED) is 0.848. The van der Waals surface area contributed by atoms with E-state index in [0.29, 0.717) is 6.54 Å². The molecule has 2 unspecified atom stereocenters. The molecule has 1 aromatic carbocycles. The smallest absolute Gasteiger partial charge is 0.282 e. The lowest BCUT2D eigenvalue weighted by molar-refractivity contribution is 0.299. The lowest BCUT2D eigenvalue weighted by atomic mass is 10.1. The second-order valence-corrected chi connectivity index (χ2v) is 8.52. The molecule has 2 aliphatic heterocycles. The van der Waals surface area contributed by atoms with E-state index in [1.165, 1.54) is 23.5 Å². The molecule has 2 aliphatic rings. The van der Waals surface area contributed by atoms with Crippen LogP contribution in [0.1, 0.15) is 24.8 Å². The Morgan fingerprint density at radius 3 is 2.75 bits per heavy atom. The predicted molar refractivity (Wildman–Crippen MR) is 95.2 cm³/mol. The Kier molecular flexibility index (Phi) is 6.50. The maximum atomic E-state index is 13.9. The number of fused-ring (bicyclic) bond motifs is 2. The summed E-state index contributed by atoms with van der Waals surface area (Å²) in [4.78, 5) is 0. The molecule has 0 aliphatic carbocycles. The molecule has 2 fully saturated rings. The zero-order chi connectivity index (χ0) is 16.6. The summed E-state index contributed by atoms with van der Waals surface area (Å²) in [5.41, 5.74) is 0.209. The van der Waals surface area contributed by atoms with Crippen LogP contribution in [0, 0.1) is 5.82 Å².